The number of fused-ring (bicyclic) bond motifs is 1. The molecule has 0 amide bonds. The van der Waals surface area contributed by atoms with Crippen molar-refractivity contribution in [2.75, 3.05) is 6.54 Å². The van der Waals surface area contributed by atoms with Gasteiger partial charge in [0.15, 0.2) is 0 Å². The first-order valence-corrected chi connectivity index (χ1v) is 8.37. The molecule has 1 saturated carbocycles. The Balaban J connectivity index is 2.03. The zero-order valence-electron chi connectivity index (χ0n) is 13.6. The summed E-state index contributed by atoms with van der Waals surface area (Å²) in [5.41, 5.74) is 10.5. The third kappa shape index (κ3) is 2.50. The molecule has 0 aliphatic heterocycles. The molecule has 1 aromatic carbocycles. The van der Waals surface area contributed by atoms with Gasteiger partial charge in [0.05, 0.1) is 0 Å². The van der Waals surface area contributed by atoms with E-state index < -0.39 is 0 Å². The Labute approximate surface area is 128 Å². The number of benzene rings is 1. The maximum atomic E-state index is 6.23. The van der Waals surface area contributed by atoms with Crippen LogP contribution in [0.5, 0.6) is 0 Å². The molecule has 0 saturated heterocycles. The molecule has 1 unspecified atom stereocenters. The van der Waals surface area contributed by atoms with E-state index in [1.165, 1.54) is 47.8 Å². The van der Waals surface area contributed by atoms with Crippen molar-refractivity contribution >= 4 is 10.9 Å². The van der Waals surface area contributed by atoms with Gasteiger partial charge in [-0.25, -0.2) is 0 Å². The van der Waals surface area contributed by atoms with Gasteiger partial charge in [0.2, 0.25) is 0 Å². The lowest BCUT2D eigenvalue weighted by molar-refractivity contribution is 0.256. The van der Waals surface area contributed by atoms with Crippen LogP contribution < -0.4 is 5.73 Å². The Kier molecular flexibility index (Phi) is 4.08. The zero-order chi connectivity index (χ0) is 15.0. The molecular formula is C19H28N2. The van der Waals surface area contributed by atoms with Crippen LogP contribution in [0.2, 0.25) is 0 Å². The molecule has 1 heterocycles. The summed E-state index contributed by atoms with van der Waals surface area (Å²) < 4.78 is 2.33. The Morgan fingerprint density at radius 1 is 1.19 bits per heavy atom. The van der Waals surface area contributed by atoms with Gasteiger partial charge in [0, 0.05) is 29.6 Å². The second-order valence-electron chi connectivity index (χ2n) is 6.94. The van der Waals surface area contributed by atoms with Gasteiger partial charge in [-0.3, -0.25) is 0 Å². The van der Waals surface area contributed by atoms with Crippen molar-refractivity contribution in [2.24, 2.45) is 24.6 Å². The fourth-order valence-corrected chi connectivity index (χ4v) is 4.25. The molecule has 1 atom stereocenters. The lowest BCUT2D eigenvalue weighted by Crippen LogP contribution is -2.25. The van der Waals surface area contributed by atoms with Crippen LogP contribution in [0.1, 0.15) is 49.8 Å². The van der Waals surface area contributed by atoms with Crippen molar-refractivity contribution in [3.63, 3.8) is 0 Å². The first-order valence-electron chi connectivity index (χ1n) is 8.37. The van der Waals surface area contributed by atoms with E-state index >= 15 is 0 Å². The van der Waals surface area contributed by atoms with Crippen molar-refractivity contribution in [1.82, 2.24) is 4.57 Å². The fourth-order valence-electron chi connectivity index (χ4n) is 4.25. The fraction of sp³-hybridized carbons (Fsp3) is 0.579. The molecule has 0 spiro atoms. The molecule has 2 heteroatoms. The molecule has 1 aromatic heterocycles. The van der Waals surface area contributed by atoms with Gasteiger partial charge < -0.3 is 10.3 Å². The van der Waals surface area contributed by atoms with Gasteiger partial charge >= 0.3 is 0 Å². The number of aromatic nitrogens is 1. The summed E-state index contributed by atoms with van der Waals surface area (Å²) in [5.74, 6) is 2.17. The molecule has 21 heavy (non-hydrogen) atoms. The van der Waals surface area contributed by atoms with Crippen LogP contribution in [0.15, 0.2) is 24.3 Å². The van der Waals surface area contributed by atoms with E-state index in [0.717, 1.165) is 18.4 Å². The minimum Gasteiger partial charge on any atom is -0.348 e. The lowest BCUT2D eigenvalue weighted by Gasteiger charge is -2.32. The van der Waals surface area contributed by atoms with Gasteiger partial charge in [-0.2, -0.15) is 0 Å². The summed E-state index contributed by atoms with van der Waals surface area (Å²) >= 11 is 0. The standard InChI is InChI=1S/C19H28N2/c1-13-8-10-15(11-9-13)17(12-20)19-14(2)21(3)18-7-5-4-6-16(18)19/h4-7,13,15,17H,8-12,20H2,1-3H3. The van der Waals surface area contributed by atoms with E-state index in [1.807, 2.05) is 0 Å². The quantitative estimate of drug-likeness (QED) is 0.892. The number of nitrogens with two attached hydrogens (primary N) is 1. The number of aryl methyl sites for hydroxylation is 1. The summed E-state index contributed by atoms with van der Waals surface area (Å²) in [6.07, 6.45) is 5.41. The van der Waals surface area contributed by atoms with Gasteiger partial charge in [-0.1, -0.05) is 38.0 Å². The van der Waals surface area contributed by atoms with Crippen LogP contribution in [0.3, 0.4) is 0 Å². The lowest BCUT2D eigenvalue weighted by atomic mass is 9.73. The van der Waals surface area contributed by atoms with Crippen molar-refractivity contribution in [2.45, 2.75) is 45.4 Å². The van der Waals surface area contributed by atoms with Gasteiger partial charge in [0.25, 0.3) is 0 Å². The Hall–Kier alpha value is -1.28. The van der Waals surface area contributed by atoms with Crippen LogP contribution >= 0.6 is 0 Å². The molecule has 1 aliphatic carbocycles. The van der Waals surface area contributed by atoms with E-state index in [2.05, 4.69) is 49.7 Å². The number of nitrogens with zero attached hydrogens (tertiary/aromatic N) is 1. The summed E-state index contributed by atoms with van der Waals surface area (Å²) in [6.45, 7) is 5.41. The van der Waals surface area contributed by atoms with Gasteiger partial charge in [-0.15, -0.1) is 0 Å². The number of para-hydroxylation sites is 1. The van der Waals surface area contributed by atoms with E-state index in [0.29, 0.717) is 5.92 Å². The smallest absolute Gasteiger partial charge is 0.0482 e. The predicted octanol–water partition coefficient (Wildman–Crippen LogP) is 4.36. The molecule has 0 radical (unpaired) electrons. The molecule has 0 bridgehead atoms. The maximum absolute atomic E-state index is 6.23. The zero-order valence-corrected chi connectivity index (χ0v) is 13.6. The number of rotatable bonds is 3. The molecule has 114 valence electrons. The molecule has 1 aliphatic rings. The molecule has 2 aromatic rings. The minimum atomic E-state index is 0.517. The van der Waals surface area contributed by atoms with E-state index in [9.17, 15) is 0 Å². The molecule has 3 rings (SSSR count). The van der Waals surface area contributed by atoms with Crippen LogP contribution in [-0.4, -0.2) is 11.1 Å². The molecule has 2 N–H and O–H groups in total. The van der Waals surface area contributed by atoms with E-state index in [4.69, 9.17) is 5.73 Å². The first kappa shape index (κ1) is 14.6. The third-order valence-corrected chi connectivity index (χ3v) is 5.70. The highest BCUT2D eigenvalue weighted by Gasteiger charge is 2.29. The second kappa shape index (κ2) is 5.84. The number of hydrogen-bond donors (Lipinski definition) is 1. The Morgan fingerprint density at radius 2 is 1.86 bits per heavy atom. The topological polar surface area (TPSA) is 30.9 Å². The summed E-state index contributed by atoms with van der Waals surface area (Å²) in [5, 5.41) is 1.41. The predicted molar refractivity (Wildman–Crippen MR) is 90.6 cm³/mol. The minimum absolute atomic E-state index is 0.517. The van der Waals surface area contributed by atoms with Crippen LogP contribution in [0, 0.1) is 18.8 Å². The van der Waals surface area contributed by atoms with Crippen molar-refractivity contribution in [3.05, 3.63) is 35.5 Å². The largest absolute Gasteiger partial charge is 0.348 e. The average Bonchev–Trinajstić information content (AvgIpc) is 2.76. The Bertz CT molecular complexity index is 618. The average molecular weight is 284 g/mol. The summed E-state index contributed by atoms with van der Waals surface area (Å²) in [4.78, 5) is 0. The monoisotopic (exact) mass is 284 g/mol. The summed E-state index contributed by atoms with van der Waals surface area (Å²) in [6, 6.07) is 8.78. The van der Waals surface area contributed by atoms with Crippen LogP contribution in [-0.2, 0) is 7.05 Å². The highest BCUT2D eigenvalue weighted by Crippen LogP contribution is 2.41. The maximum Gasteiger partial charge on any atom is 0.0482 e. The highest BCUT2D eigenvalue weighted by molar-refractivity contribution is 5.86. The van der Waals surface area contributed by atoms with Crippen molar-refractivity contribution < 1.29 is 0 Å². The second-order valence-corrected chi connectivity index (χ2v) is 6.94. The Morgan fingerprint density at radius 3 is 2.52 bits per heavy atom. The third-order valence-electron chi connectivity index (χ3n) is 5.70. The van der Waals surface area contributed by atoms with Crippen molar-refractivity contribution in [3.8, 4) is 0 Å². The molecular weight excluding hydrogens is 256 g/mol. The molecule has 1 fully saturated rings. The highest BCUT2D eigenvalue weighted by atomic mass is 14.9. The van der Waals surface area contributed by atoms with E-state index in [-0.39, 0.29) is 0 Å². The van der Waals surface area contributed by atoms with Crippen LogP contribution in [0.25, 0.3) is 10.9 Å². The van der Waals surface area contributed by atoms with Crippen LogP contribution in [0.4, 0.5) is 0 Å². The SMILES string of the molecule is Cc1c(C(CN)C2CCC(C)CC2)c2ccccc2n1C. The van der Waals surface area contributed by atoms with Gasteiger partial charge in [-0.05, 0) is 49.8 Å². The molecule has 2 nitrogen and oxygen atoms in total. The van der Waals surface area contributed by atoms with Gasteiger partial charge in [0.1, 0.15) is 0 Å². The van der Waals surface area contributed by atoms with Crippen molar-refractivity contribution in [1.29, 1.82) is 0 Å². The normalized spacial score (nSPS) is 24.4. The van der Waals surface area contributed by atoms with E-state index in [1.54, 1.807) is 0 Å². The summed E-state index contributed by atoms with van der Waals surface area (Å²) in [7, 11) is 2.18. The first-order chi connectivity index (χ1) is 10.1. The number of hydrogen-bond acceptors (Lipinski definition) is 1.